The first-order valence-electron chi connectivity index (χ1n) is 11.6. The van der Waals surface area contributed by atoms with Crippen molar-refractivity contribution in [3.8, 4) is 0 Å². The zero-order valence-corrected chi connectivity index (χ0v) is 22.3. The predicted molar refractivity (Wildman–Crippen MR) is 150 cm³/mol. The van der Waals surface area contributed by atoms with Crippen molar-refractivity contribution in [1.82, 2.24) is 0 Å². The number of nitrogens with zero attached hydrogens (tertiary/aromatic N) is 1. The Morgan fingerprint density at radius 3 is 2.08 bits per heavy atom. The van der Waals surface area contributed by atoms with Crippen LogP contribution in [0.15, 0.2) is 112 Å². The van der Waals surface area contributed by atoms with Crippen LogP contribution < -0.4 is 4.72 Å². The number of hydrogen-bond donors (Lipinski definition) is 1. The summed E-state index contributed by atoms with van der Waals surface area (Å²) in [5, 5.41) is 11.7. The molecule has 0 aliphatic carbocycles. The smallest absolute Gasteiger partial charge is 0.283 e. The molecule has 0 aliphatic rings. The molecule has 0 radical (unpaired) electrons. The zero-order chi connectivity index (χ0) is 27.3. The Bertz CT molecular complexity index is 1610. The maximum Gasteiger partial charge on any atom is 0.283 e. The van der Waals surface area contributed by atoms with E-state index in [0.29, 0.717) is 21.7 Å². The molecule has 192 valence electrons. The standard InChI is InChI=1S/C29H24N2O5S2/c1-20-3-13-25(14-4-20)37-29-18-8-22(19-27(29)31(33)34)7-17-28(32)23-9-11-24(12-10-23)30-38(35,36)26-15-5-21(2)6-16-26/h3-19,30H,1-2H3. The fraction of sp³-hybridized carbons (Fsp3) is 0.0690. The van der Waals surface area contributed by atoms with Crippen LogP contribution in [0.3, 0.4) is 0 Å². The molecule has 0 spiro atoms. The lowest BCUT2D eigenvalue weighted by Gasteiger charge is -2.08. The van der Waals surface area contributed by atoms with Gasteiger partial charge in [0, 0.05) is 22.2 Å². The average molecular weight is 545 g/mol. The summed E-state index contributed by atoms with van der Waals surface area (Å²) in [5.41, 5.74) is 3.19. The number of aryl methyl sites for hydroxylation is 2. The molecule has 38 heavy (non-hydrogen) atoms. The Hall–Kier alpha value is -4.21. The van der Waals surface area contributed by atoms with Gasteiger partial charge in [0.1, 0.15) is 0 Å². The molecule has 0 aromatic heterocycles. The van der Waals surface area contributed by atoms with E-state index in [1.54, 1.807) is 24.3 Å². The molecular formula is C29H24N2O5S2. The van der Waals surface area contributed by atoms with Crippen molar-refractivity contribution >= 4 is 45.0 Å². The molecule has 4 rings (SSSR count). The number of carbonyl (C=O) groups is 1. The van der Waals surface area contributed by atoms with Crippen LogP contribution in [0, 0.1) is 24.0 Å². The van der Waals surface area contributed by atoms with E-state index in [2.05, 4.69) is 4.72 Å². The van der Waals surface area contributed by atoms with E-state index in [0.717, 1.165) is 16.0 Å². The maximum absolute atomic E-state index is 12.7. The molecule has 0 bridgehead atoms. The number of ketones is 1. The van der Waals surface area contributed by atoms with Crippen LogP contribution in [0.2, 0.25) is 0 Å². The van der Waals surface area contributed by atoms with Gasteiger partial charge in [0.25, 0.3) is 15.7 Å². The summed E-state index contributed by atoms with van der Waals surface area (Å²) in [6, 6.07) is 25.1. The summed E-state index contributed by atoms with van der Waals surface area (Å²) < 4.78 is 27.6. The summed E-state index contributed by atoms with van der Waals surface area (Å²) >= 11 is 1.30. The summed E-state index contributed by atoms with van der Waals surface area (Å²) in [7, 11) is -3.75. The summed E-state index contributed by atoms with van der Waals surface area (Å²) in [5.74, 6) is -0.321. The molecule has 4 aromatic rings. The molecule has 0 heterocycles. The Morgan fingerprint density at radius 2 is 1.47 bits per heavy atom. The normalized spacial score (nSPS) is 11.4. The second-order valence-electron chi connectivity index (χ2n) is 8.59. The number of anilines is 1. The molecule has 0 unspecified atom stereocenters. The van der Waals surface area contributed by atoms with Gasteiger partial charge in [-0.1, -0.05) is 59.3 Å². The van der Waals surface area contributed by atoms with E-state index in [4.69, 9.17) is 0 Å². The Morgan fingerprint density at radius 1 is 0.868 bits per heavy atom. The van der Waals surface area contributed by atoms with E-state index >= 15 is 0 Å². The second-order valence-corrected chi connectivity index (χ2v) is 11.4. The average Bonchev–Trinajstić information content (AvgIpc) is 2.89. The van der Waals surface area contributed by atoms with Crippen LogP contribution in [0.4, 0.5) is 11.4 Å². The number of rotatable bonds is 9. The van der Waals surface area contributed by atoms with Crippen molar-refractivity contribution < 1.29 is 18.1 Å². The molecule has 0 saturated carbocycles. The predicted octanol–water partition coefficient (Wildman–Crippen LogP) is 7.06. The molecule has 0 amide bonds. The highest BCUT2D eigenvalue weighted by molar-refractivity contribution is 7.99. The van der Waals surface area contributed by atoms with Gasteiger partial charge < -0.3 is 0 Å². The van der Waals surface area contributed by atoms with Crippen LogP contribution in [-0.2, 0) is 10.0 Å². The third-order valence-corrected chi connectivity index (χ3v) is 8.08. The molecule has 0 fully saturated rings. The van der Waals surface area contributed by atoms with Gasteiger partial charge in [0.05, 0.1) is 14.7 Å². The third kappa shape index (κ3) is 6.76. The van der Waals surface area contributed by atoms with Gasteiger partial charge in [0.2, 0.25) is 0 Å². The maximum atomic E-state index is 12.7. The first kappa shape index (κ1) is 26.8. The van der Waals surface area contributed by atoms with Crippen molar-refractivity contribution in [2.24, 2.45) is 0 Å². The SMILES string of the molecule is Cc1ccc(Sc2ccc(C=CC(=O)c3ccc(NS(=O)(=O)c4ccc(C)cc4)cc3)cc2[N+](=O)[O-])cc1. The van der Waals surface area contributed by atoms with Gasteiger partial charge in [-0.05, 0) is 80.1 Å². The van der Waals surface area contributed by atoms with Crippen LogP contribution in [0.1, 0.15) is 27.0 Å². The fourth-order valence-corrected chi connectivity index (χ4v) is 5.46. The monoisotopic (exact) mass is 544 g/mol. The van der Waals surface area contributed by atoms with Crippen molar-refractivity contribution in [3.63, 3.8) is 0 Å². The topological polar surface area (TPSA) is 106 Å². The fourth-order valence-electron chi connectivity index (χ4n) is 3.50. The molecular weight excluding hydrogens is 520 g/mol. The Balaban J connectivity index is 1.45. The third-order valence-electron chi connectivity index (χ3n) is 5.61. The molecule has 0 aliphatic heterocycles. The number of nitro benzene ring substituents is 1. The van der Waals surface area contributed by atoms with Gasteiger partial charge >= 0.3 is 0 Å². The second kappa shape index (κ2) is 11.5. The minimum absolute atomic E-state index is 0.0459. The van der Waals surface area contributed by atoms with Gasteiger partial charge in [-0.15, -0.1) is 0 Å². The Labute approximate surface area is 225 Å². The van der Waals surface area contributed by atoms with Gasteiger partial charge in [-0.3, -0.25) is 19.6 Å². The van der Waals surface area contributed by atoms with Crippen LogP contribution in [0.5, 0.6) is 0 Å². The number of nitrogens with one attached hydrogen (secondary N) is 1. The first-order chi connectivity index (χ1) is 18.1. The van der Waals surface area contributed by atoms with Crippen molar-refractivity contribution in [2.75, 3.05) is 4.72 Å². The summed E-state index contributed by atoms with van der Waals surface area (Å²) in [4.78, 5) is 25.4. The Kier molecular flexibility index (Phi) is 8.09. The zero-order valence-electron chi connectivity index (χ0n) is 20.6. The quantitative estimate of drug-likeness (QED) is 0.105. The highest BCUT2D eigenvalue weighted by Crippen LogP contribution is 2.35. The lowest BCUT2D eigenvalue weighted by Crippen LogP contribution is -2.13. The highest BCUT2D eigenvalue weighted by Gasteiger charge is 2.16. The minimum atomic E-state index is -3.75. The molecule has 0 saturated heterocycles. The van der Waals surface area contributed by atoms with Crippen LogP contribution in [-0.4, -0.2) is 19.1 Å². The van der Waals surface area contributed by atoms with Gasteiger partial charge in [-0.2, -0.15) is 0 Å². The molecule has 9 heteroatoms. The lowest BCUT2D eigenvalue weighted by molar-refractivity contribution is -0.387. The number of carbonyl (C=O) groups excluding carboxylic acids is 1. The van der Waals surface area contributed by atoms with E-state index < -0.39 is 14.9 Å². The van der Waals surface area contributed by atoms with Crippen molar-refractivity contribution in [1.29, 1.82) is 0 Å². The van der Waals surface area contributed by atoms with Gasteiger partial charge in [0.15, 0.2) is 5.78 Å². The minimum Gasteiger partial charge on any atom is -0.289 e. The van der Waals surface area contributed by atoms with Crippen molar-refractivity contribution in [2.45, 2.75) is 28.5 Å². The largest absolute Gasteiger partial charge is 0.289 e. The van der Waals surface area contributed by atoms with E-state index in [1.807, 2.05) is 38.1 Å². The summed E-state index contributed by atoms with van der Waals surface area (Å²) in [6.45, 7) is 3.84. The van der Waals surface area contributed by atoms with E-state index in [1.165, 1.54) is 66.4 Å². The summed E-state index contributed by atoms with van der Waals surface area (Å²) in [6.07, 6.45) is 2.85. The van der Waals surface area contributed by atoms with Crippen LogP contribution >= 0.6 is 11.8 Å². The molecule has 0 atom stereocenters. The van der Waals surface area contributed by atoms with E-state index in [-0.39, 0.29) is 16.4 Å². The molecule has 4 aromatic carbocycles. The van der Waals surface area contributed by atoms with Crippen LogP contribution in [0.25, 0.3) is 6.08 Å². The van der Waals surface area contributed by atoms with Crippen molar-refractivity contribution in [3.05, 3.63) is 129 Å². The molecule has 7 nitrogen and oxygen atoms in total. The molecule has 1 N–H and O–H groups in total. The number of allylic oxidation sites excluding steroid dienone is 1. The van der Waals surface area contributed by atoms with Gasteiger partial charge in [-0.25, -0.2) is 8.42 Å². The number of hydrogen-bond acceptors (Lipinski definition) is 6. The number of sulfonamides is 1. The number of nitro groups is 1. The lowest BCUT2D eigenvalue weighted by atomic mass is 10.1. The van der Waals surface area contributed by atoms with E-state index in [9.17, 15) is 23.3 Å². The highest BCUT2D eigenvalue weighted by atomic mass is 32.2. The number of benzene rings is 4. The first-order valence-corrected chi connectivity index (χ1v) is 13.9.